The highest BCUT2D eigenvalue weighted by molar-refractivity contribution is 7.13. The number of H-pyrrole nitrogens is 1. The predicted octanol–water partition coefficient (Wildman–Crippen LogP) is 4.99. The summed E-state index contributed by atoms with van der Waals surface area (Å²) in [5.74, 6) is -2.76. The van der Waals surface area contributed by atoms with Crippen molar-refractivity contribution in [2.24, 2.45) is 0 Å². The van der Waals surface area contributed by atoms with E-state index in [9.17, 15) is 13.2 Å². The van der Waals surface area contributed by atoms with Gasteiger partial charge in [-0.3, -0.25) is 0 Å². The second-order valence-corrected chi connectivity index (χ2v) is 6.16. The first-order valence-electron chi connectivity index (χ1n) is 7.60. The highest BCUT2D eigenvalue weighted by Crippen LogP contribution is 2.31. The van der Waals surface area contributed by atoms with Gasteiger partial charge >= 0.3 is 12.1 Å². The molecule has 0 aliphatic heterocycles. The largest absolute Gasteiger partial charge is 0.490 e. The van der Waals surface area contributed by atoms with Crippen molar-refractivity contribution in [2.45, 2.75) is 6.18 Å². The van der Waals surface area contributed by atoms with Gasteiger partial charge in [0.25, 0.3) is 0 Å². The number of carboxylic acids is 1. The van der Waals surface area contributed by atoms with E-state index < -0.39 is 12.1 Å². The van der Waals surface area contributed by atoms with Crippen molar-refractivity contribution < 1.29 is 23.1 Å². The van der Waals surface area contributed by atoms with Gasteiger partial charge in [-0.15, -0.1) is 11.3 Å². The fourth-order valence-electron chi connectivity index (χ4n) is 2.30. The molecule has 1 aromatic carbocycles. The molecule has 3 aromatic heterocycles. The summed E-state index contributed by atoms with van der Waals surface area (Å²) >= 11 is 1.67. The minimum Gasteiger partial charge on any atom is -0.475 e. The van der Waals surface area contributed by atoms with Gasteiger partial charge in [-0.1, -0.05) is 30.3 Å². The average Bonchev–Trinajstić information content (AvgIpc) is 3.31. The van der Waals surface area contributed by atoms with Crippen LogP contribution in [-0.4, -0.2) is 32.2 Å². The molecule has 0 bridgehead atoms. The van der Waals surface area contributed by atoms with Crippen molar-refractivity contribution in [3.8, 4) is 21.8 Å². The van der Waals surface area contributed by atoms with E-state index in [1.54, 1.807) is 11.3 Å². The van der Waals surface area contributed by atoms with Crippen LogP contribution in [0.5, 0.6) is 0 Å². The molecule has 0 unspecified atom stereocenters. The van der Waals surface area contributed by atoms with Crippen molar-refractivity contribution in [3.63, 3.8) is 0 Å². The van der Waals surface area contributed by atoms with Gasteiger partial charge in [-0.05, 0) is 12.1 Å². The Kier molecular flexibility index (Phi) is 5.22. The Hall–Kier alpha value is -3.20. The third-order valence-electron chi connectivity index (χ3n) is 3.50. The topological polar surface area (TPSA) is 78.9 Å². The number of aromatic nitrogens is 3. The Morgan fingerprint density at radius 3 is 2.48 bits per heavy atom. The fraction of sp³-hybridized carbons (Fsp3) is 0.0556. The highest BCUT2D eigenvalue weighted by atomic mass is 32.1. The summed E-state index contributed by atoms with van der Waals surface area (Å²) in [6, 6.07) is 14.3. The van der Waals surface area contributed by atoms with Crippen molar-refractivity contribution in [1.82, 2.24) is 15.0 Å². The molecule has 0 atom stereocenters. The minimum absolute atomic E-state index is 0.900. The summed E-state index contributed by atoms with van der Waals surface area (Å²) in [5.41, 5.74) is 4.18. The second kappa shape index (κ2) is 7.58. The number of thiazole rings is 1. The number of nitrogens with zero attached hydrogens (tertiary/aromatic N) is 2. The molecule has 0 aliphatic carbocycles. The van der Waals surface area contributed by atoms with Crippen molar-refractivity contribution in [3.05, 3.63) is 60.2 Å². The lowest BCUT2D eigenvalue weighted by Gasteiger charge is -1.98. The Morgan fingerprint density at radius 1 is 1.11 bits per heavy atom. The maximum absolute atomic E-state index is 10.6. The summed E-state index contributed by atoms with van der Waals surface area (Å²) in [4.78, 5) is 21.1. The number of fused-ring (bicyclic) bond motifs is 1. The molecule has 4 aromatic rings. The molecule has 9 heteroatoms. The fourth-order valence-corrected chi connectivity index (χ4v) is 3.12. The molecule has 0 fully saturated rings. The van der Waals surface area contributed by atoms with Crippen LogP contribution in [0.15, 0.2) is 60.2 Å². The van der Waals surface area contributed by atoms with Crippen LogP contribution in [0.2, 0.25) is 0 Å². The zero-order chi connectivity index (χ0) is 19.4. The number of carbonyl (C=O) groups is 1. The molecule has 2 N–H and O–H groups in total. The quantitative estimate of drug-likeness (QED) is 0.505. The third kappa shape index (κ3) is 4.32. The number of alkyl halides is 3. The van der Waals surface area contributed by atoms with Gasteiger partial charge in [-0.25, -0.2) is 14.8 Å². The van der Waals surface area contributed by atoms with E-state index >= 15 is 0 Å². The van der Waals surface area contributed by atoms with Crippen LogP contribution in [0.4, 0.5) is 13.2 Å². The van der Waals surface area contributed by atoms with Crippen LogP contribution in [0.25, 0.3) is 32.9 Å². The SMILES string of the molecule is O=C(O)C(F)(F)F.c1ccc(-c2nc(-c3ccnc4[nH]ccc34)cs2)cc1. The second-order valence-electron chi connectivity index (χ2n) is 5.31. The summed E-state index contributed by atoms with van der Waals surface area (Å²) in [5, 5.41) is 11.4. The van der Waals surface area contributed by atoms with E-state index in [0.29, 0.717) is 0 Å². The van der Waals surface area contributed by atoms with Gasteiger partial charge < -0.3 is 10.1 Å². The van der Waals surface area contributed by atoms with Gasteiger partial charge in [0.05, 0.1) is 5.69 Å². The normalized spacial score (nSPS) is 11.1. The molecule has 0 aliphatic rings. The first-order chi connectivity index (χ1) is 12.9. The summed E-state index contributed by atoms with van der Waals surface area (Å²) in [6.45, 7) is 0. The van der Waals surface area contributed by atoms with E-state index in [0.717, 1.165) is 32.9 Å². The van der Waals surface area contributed by atoms with Crippen LogP contribution in [0, 0.1) is 0 Å². The molecule has 0 amide bonds. The standard InChI is InChI=1S/C16H11N3S.C2HF3O2/c1-2-4-11(5-3-1)16-19-14(10-20-16)12-6-8-17-15-13(12)7-9-18-15;3-2(4,5)1(6)7/h1-10H,(H,17,18);(H,6,7). The number of benzene rings is 1. The Bertz CT molecular complexity index is 1060. The van der Waals surface area contributed by atoms with Crippen LogP contribution >= 0.6 is 11.3 Å². The van der Waals surface area contributed by atoms with Crippen LogP contribution in [0.1, 0.15) is 0 Å². The number of hydrogen-bond donors (Lipinski definition) is 2. The lowest BCUT2D eigenvalue weighted by atomic mass is 10.1. The average molecular weight is 391 g/mol. The van der Waals surface area contributed by atoms with Crippen LogP contribution in [-0.2, 0) is 4.79 Å². The summed E-state index contributed by atoms with van der Waals surface area (Å²) < 4.78 is 31.7. The molecule has 138 valence electrons. The number of nitrogens with one attached hydrogen (secondary N) is 1. The summed E-state index contributed by atoms with van der Waals surface area (Å²) in [7, 11) is 0. The third-order valence-corrected chi connectivity index (χ3v) is 4.39. The molecule has 5 nitrogen and oxygen atoms in total. The Balaban J connectivity index is 0.000000260. The lowest BCUT2D eigenvalue weighted by molar-refractivity contribution is -0.192. The van der Waals surface area contributed by atoms with Gasteiger partial charge in [0, 0.05) is 34.3 Å². The van der Waals surface area contributed by atoms with Gasteiger partial charge in [0.1, 0.15) is 10.7 Å². The first kappa shape index (κ1) is 18.6. The van der Waals surface area contributed by atoms with Crippen molar-refractivity contribution in [1.29, 1.82) is 0 Å². The van der Waals surface area contributed by atoms with E-state index in [-0.39, 0.29) is 0 Å². The molecular formula is C18H12F3N3O2S. The number of pyridine rings is 1. The van der Waals surface area contributed by atoms with Crippen molar-refractivity contribution in [2.75, 3.05) is 0 Å². The Morgan fingerprint density at radius 2 is 1.81 bits per heavy atom. The van der Waals surface area contributed by atoms with E-state index in [4.69, 9.17) is 14.9 Å². The number of hydrogen-bond acceptors (Lipinski definition) is 4. The molecule has 0 radical (unpaired) electrons. The maximum atomic E-state index is 10.6. The molecule has 27 heavy (non-hydrogen) atoms. The number of carboxylic acid groups (broad SMARTS) is 1. The maximum Gasteiger partial charge on any atom is 0.490 e. The van der Waals surface area contributed by atoms with E-state index in [2.05, 4.69) is 27.5 Å². The van der Waals surface area contributed by atoms with Gasteiger partial charge in [0.2, 0.25) is 0 Å². The minimum atomic E-state index is -5.08. The monoisotopic (exact) mass is 391 g/mol. The smallest absolute Gasteiger partial charge is 0.475 e. The van der Waals surface area contributed by atoms with Crippen LogP contribution < -0.4 is 0 Å². The molecular weight excluding hydrogens is 379 g/mol. The molecule has 4 rings (SSSR count). The lowest BCUT2D eigenvalue weighted by Crippen LogP contribution is -2.21. The predicted molar refractivity (Wildman–Crippen MR) is 96.3 cm³/mol. The number of aromatic amines is 1. The zero-order valence-corrected chi connectivity index (χ0v) is 14.4. The zero-order valence-electron chi connectivity index (χ0n) is 13.6. The summed E-state index contributed by atoms with van der Waals surface area (Å²) in [6.07, 6.45) is -1.36. The molecule has 0 saturated heterocycles. The van der Waals surface area contributed by atoms with Crippen molar-refractivity contribution >= 4 is 28.3 Å². The van der Waals surface area contributed by atoms with Gasteiger partial charge in [-0.2, -0.15) is 13.2 Å². The first-order valence-corrected chi connectivity index (χ1v) is 8.48. The van der Waals surface area contributed by atoms with E-state index in [1.165, 1.54) is 0 Å². The Labute approximate surface area is 155 Å². The molecule has 0 spiro atoms. The van der Waals surface area contributed by atoms with Gasteiger partial charge in [0.15, 0.2) is 0 Å². The highest BCUT2D eigenvalue weighted by Gasteiger charge is 2.38. The number of aliphatic carboxylic acids is 1. The molecule has 3 heterocycles. The number of rotatable bonds is 2. The van der Waals surface area contributed by atoms with E-state index in [1.807, 2.05) is 42.7 Å². The number of halogens is 3. The van der Waals surface area contributed by atoms with Crippen LogP contribution in [0.3, 0.4) is 0 Å². The molecule has 0 saturated carbocycles.